The van der Waals surface area contributed by atoms with E-state index < -0.39 is 0 Å². The van der Waals surface area contributed by atoms with Crippen molar-refractivity contribution in [1.82, 2.24) is 9.55 Å². The lowest BCUT2D eigenvalue weighted by Gasteiger charge is -2.37. The number of carbonyl (C=O) groups excluding carboxylic acids is 1. The molecule has 0 radical (unpaired) electrons. The number of para-hydroxylation sites is 2. The number of hydrogen-bond acceptors (Lipinski definition) is 3. The van der Waals surface area contributed by atoms with Crippen molar-refractivity contribution in [2.24, 2.45) is 4.99 Å². The molecule has 3 aliphatic rings. The van der Waals surface area contributed by atoms with Crippen LogP contribution in [-0.2, 0) is 17.8 Å². The maximum absolute atomic E-state index is 12.9. The Hall–Kier alpha value is -3.01. The molecule has 4 nitrogen and oxygen atoms in total. The molecule has 2 aromatic carbocycles. The molecular weight excluding hydrogens is 394 g/mol. The van der Waals surface area contributed by atoms with E-state index in [9.17, 15) is 4.79 Å². The Balaban J connectivity index is 1.39. The van der Waals surface area contributed by atoms with Gasteiger partial charge in [-0.15, -0.1) is 0 Å². The van der Waals surface area contributed by atoms with Gasteiger partial charge in [0.25, 0.3) is 0 Å². The van der Waals surface area contributed by atoms with E-state index in [1.807, 2.05) is 0 Å². The van der Waals surface area contributed by atoms with Crippen LogP contribution in [-0.4, -0.2) is 26.6 Å². The van der Waals surface area contributed by atoms with Crippen LogP contribution in [0, 0.1) is 0 Å². The lowest BCUT2D eigenvalue weighted by molar-refractivity contribution is -0.116. The highest BCUT2D eigenvalue weighted by Crippen LogP contribution is 2.47. The van der Waals surface area contributed by atoms with Crippen LogP contribution in [0.5, 0.6) is 0 Å². The third kappa shape index (κ3) is 3.33. The molecular formula is C28H29N3O. The maximum Gasteiger partial charge on any atom is 0.161 e. The lowest BCUT2D eigenvalue weighted by Crippen LogP contribution is -2.38. The quantitative estimate of drug-likeness (QED) is 0.530. The number of imidazole rings is 1. The van der Waals surface area contributed by atoms with Gasteiger partial charge in [0.2, 0.25) is 0 Å². The van der Waals surface area contributed by atoms with Crippen LogP contribution < -0.4 is 0 Å². The lowest BCUT2D eigenvalue weighted by atomic mass is 9.73. The third-order valence-corrected chi connectivity index (χ3v) is 7.48. The monoisotopic (exact) mass is 423 g/mol. The molecule has 2 heterocycles. The minimum absolute atomic E-state index is 0.239. The van der Waals surface area contributed by atoms with E-state index in [1.54, 1.807) is 0 Å². The van der Waals surface area contributed by atoms with Crippen molar-refractivity contribution < 1.29 is 4.79 Å². The van der Waals surface area contributed by atoms with Gasteiger partial charge < -0.3 is 4.57 Å². The fraction of sp³-hybridized carbons (Fsp3) is 0.393. The average molecular weight is 424 g/mol. The number of fused-ring (bicyclic) bond motifs is 2. The Morgan fingerprint density at radius 3 is 2.53 bits per heavy atom. The normalized spacial score (nSPS) is 20.1. The first-order valence-corrected chi connectivity index (χ1v) is 12.0. The van der Waals surface area contributed by atoms with Gasteiger partial charge >= 0.3 is 0 Å². The molecule has 0 amide bonds. The zero-order valence-electron chi connectivity index (χ0n) is 18.5. The van der Waals surface area contributed by atoms with Crippen LogP contribution in [0.25, 0.3) is 11.0 Å². The Morgan fingerprint density at radius 2 is 1.69 bits per heavy atom. The summed E-state index contributed by atoms with van der Waals surface area (Å²) in [6.07, 6.45) is 8.77. The van der Waals surface area contributed by atoms with Crippen LogP contribution in [0.3, 0.4) is 0 Å². The average Bonchev–Trinajstić information content (AvgIpc) is 3.39. The summed E-state index contributed by atoms with van der Waals surface area (Å²) in [6, 6.07) is 19.0. The summed E-state index contributed by atoms with van der Waals surface area (Å²) in [7, 11) is 0. The van der Waals surface area contributed by atoms with E-state index in [1.165, 1.54) is 35.2 Å². The first-order valence-electron chi connectivity index (χ1n) is 12.0. The molecule has 0 unspecified atom stereocenters. The first-order chi connectivity index (χ1) is 15.7. The van der Waals surface area contributed by atoms with Crippen molar-refractivity contribution >= 4 is 22.5 Å². The minimum atomic E-state index is -0.239. The van der Waals surface area contributed by atoms with Gasteiger partial charge in [-0.05, 0) is 43.4 Å². The fourth-order valence-electron chi connectivity index (χ4n) is 6.13. The third-order valence-electron chi connectivity index (χ3n) is 7.48. The Bertz CT molecular complexity index is 1240. The summed E-state index contributed by atoms with van der Waals surface area (Å²) in [5, 5.41) is 0. The van der Waals surface area contributed by atoms with Crippen LogP contribution >= 0.6 is 0 Å². The highest BCUT2D eigenvalue weighted by Gasteiger charge is 2.45. The molecule has 32 heavy (non-hydrogen) atoms. The standard InChI is InChI=1S/C28H29N3O/c32-25-14-8-11-21-17-22(30-28(27(21)25)15-6-7-16-28)18-26-29-23-12-4-5-13-24(23)31(26)19-20-9-2-1-3-10-20/h1-5,9-10,12-13H,6-8,11,14-19H2. The molecule has 0 bridgehead atoms. The molecule has 1 aromatic heterocycles. The molecule has 6 rings (SSSR count). The number of Topliss-reactive ketones (excluding diaryl/α,β-unsaturated/α-hetero) is 1. The zero-order valence-corrected chi connectivity index (χ0v) is 18.5. The van der Waals surface area contributed by atoms with E-state index in [2.05, 4.69) is 59.2 Å². The van der Waals surface area contributed by atoms with Gasteiger partial charge in [0.1, 0.15) is 5.82 Å². The van der Waals surface area contributed by atoms with Crippen molar-refractivity contribution in [1.29, 1.82) is 0 Å². The summed E-state index contributed by atoms with van der Waals surface area (Å²) >= 11 is 0. The molecule has 4 heteroatoms. The second kappa shape index (κ2) is 7.84. The SMILES string of the molecule is O=C1CCCC2=C1C1(CCCC1)N=C(Cc1nc3ccccc3n1Cc1ccccc1)C2. The maximum atomic E-state index is 12.9. The van der Waals surface area contributed by atoms with Gasteiger partial charge in [-0.25, -0.2) is 4.98 Å². The van der Waals surface area contributed by atoms with E-state index in [0.29, 0.717) is 12.2 Å². The smallest absolute Gasteiger partial charge is 0.161 e. The van der Waals surface area contributed by atoms with Crippen molar-refractivity contribution in [3.63, 3.8) is 0 Å². The molecule has 1 spiro atoms. The summed E-state index contributed by atoms with van der Waals surface area (Å²) in [5.41, 5.74) is 6.94. The Labute approximate surface area is 189 Å². The minimum Gasteiger partial charge on any atom is -0.323 e. The van der Waals surface area contributed by atoms with Crippen molar-refractivity contribution in [2.45, 2.75) is 69.9 Å². The molecule has 3 aromatic rings. The van der Waals surface area contributed by atoms with Crippen molar-refractivity contribution in [2.75, 3.05) is 0 Å². The summed E-state index contributed by atoms with van der Waals surface area (Å²) in [6.45, 7) is 0.807. The molecule has 2 aliphatic carbocycles. The van der Waals surface area contributed by atoms with E-state index >= 15 is 0 Å². The topological polar surface area (TPSA) is 47.2 Å². The molecule has 0 N–H and O–H groups in total. The van der Waals surface area contributed by atoms with Gasteiger partial charge in [-0.3, -0.25) is 9.79 Å². The summed E-state index contributed by atoms with van der Waals surface area (Å²) in [5.74, 6) is 1.44. The van der Waals surface area contributed by atoms with Gasteiger partial charge in [0.15, 0.2) is 5.78 Å². The van der Waals surface area contributed by atoms with Crippen LogP contribution in [0.2, 0.25) is 0 Å². The molecule has 1 aliphatic heterocycles. The zero-order chi connectivity index (χ0) is 21.5. The number of allylic oxidation sites excluding steroid dienone is 1. The molecule has 0 atom stereocenters. The van der Waals surface area contributed by atoms with E-state index in [0.717, 1.165) is 62.0 Å². The van der Waals surface area contributed by atoms with E-state index in [4.69, 9.17) is 9.98 Å². The number of aromatic nitrogens is 2. The van der Waals surface area contributed by atoms with Crippen molar-refractivity contribution in [3.05, 3.63) is 77.1 Å². The van der Waals surface area contributed by atoms with Crippen LogP contribution in [0.1, 0.15) is 62.8 Å². The second-order valence-electron chi connectivity index (χ2n) is 9.61. The summed E-state index contributed by atoms with van der Waals surface area (Å²) in [4.78, 5) is 23.3. The summed E-state index contributed by atoms with van der Waals surface area (Å²) < 4.78 is 2.35. The largest absolute Gasteiger partial charge is 0.323 e. The van der Waals surface area contributed by atoms with Crippen LogP contribution in [0.4, 0.5) is 0 Å². The number of rotatable bonds is 4. The molecule has 1 fully saturated rings. The van der Waals surface area contributed by atoms with Crippen molar-refractivity contribution in [3.8, 4) is 0 Å². The number of ketones is 1. The van der Waals surface area contributed by atoms with Crippen LogP contribution in [0.15, 0.2) is 70.7 Å². The second-order valence-corrected chi connectivity index (χ2v) is 9.61. The van der Waals surface area contributed by atoms with Gasteiger partial charge in [-0.2, -0.15) is 0 Å². The number of benzene rings is 2. The Kier molecular flexibility index (Phi) is 4.82. The predicted molar refractivity (Wildman–Crippen MR) is 128 cm³/mol. The molecule has 162 valence electrons. The van der Waals surface area contributed by atoms with Gasteiger partial charge in [0.05, 0.1) is 16.6 Å². The number of dihydropyridines is 1. The van der Waals surface area contributed by atoms with Gasteiger partial charge in [-0.1, -0.05) is 60.9 Å². The number of carbonyl (C=O) groups is 1. The highest BCUT2D eigenvalue weighted by atomic mass is 16.1. The predicted octanol–water partition coefficient (Wildman–Crippen LogP) is 5.83. The fourth-order valence-corrected chi connectivity index (χ4v) is 6.13. The number of aliphatic imine (C=N–C) groups is 1. The van der Waals surface area contributed by atoms with E-state index in [-0.39, 0.29) is 5.54 Å². The number of hydrogen-bond donors (Lipinski definition) is 0. The van der Waals surface area contributed by atoms with Gasteiger partial charge in [0, 0.05) is 37.1 Å². The highest BCUT2D eigenvalue weighted by molar-refractivity contribution is 6.03. The number of nitrogens with zero attached hydrogens (tertiary/aromatic N) is 3. The Morgan fingerprint density at radius 1 is 0.906 bits per heavy atom. The molecule has 0 saturated heterocycles. The first kappa shape index (κ1) is 19.7. The molecule has 1 saturated carbocycles.